The molecule has 0 aliphatic rings. The maximum atomic E-state index is 12.3. The number of thioether (sulfide) groups is 2. The van der Waals surface area contributed by atoms with Crippen LogP contribution >= 0.6 is 34.9 Å². The summed E-state index contributed by atoms with van der Waals surface area (Å²) in [7, 11) is 1.65. The van der Waals surface area contributed by atoms with Gasteiger partial charge in [0, 0.05) is 30.6 Å². The third-order valence-electron chi connectivity index (χ3n) is 3.25. The third-order valence-corrected chi connectivity index (χ3v) is 6.51. The van der Waals surface area contributed by atoms with Crippen LogP contribution in [-0.4, -0.2) is 39.6 Å². The highest BCUT2D eigenvalue weighted by Gasteiger charge is 2.14. The average Bonchev–Trinajstić information content (AvgIpc) is 3.07. The predicted octanol–water partition coefficient (Wildman–Crippen LogP) is 4.09. The van der Waals surface area contributed by atoms with Gasteiger partial charge >= 0.3 is 0 Å². The zero-order chi connectivity index (χ0) is 18.2. The Morgan fingerprint density at radius 2 is 1.88 bits per heavy atom. The zero-order valence-electron chi connectivity index (χ0n) is 13.9. The lowest BCUT2D eigenvalue weighted by atomic mass is 10.2. The number of aromatic nitrogens is 2. The first-order valence-electron chi connectivity index (χ1n) is 7.61. The fourth-order valence-electron chi connectivity index (χ4n) is 1.78. The number of carbonyl (C=O) groups is 1. The van der Waals surface area contributed by atoms with E-state index in [4.69, 9.17) is 0 Å². The molecule has 0 radical (unpaired) electrons. The van der Waals surface area contributed by atoms with E-state index in [2.05, 4.69) is 17.1 Å². The molecule has 1 amide bonds. The standard InChI is InChI=1S/C15H18N4O3S3/c1-3-4-9-23-14-16-17-15(25-14)24-10-13(20)18(2)11-5-7-12(8-6-11)19(21)22/h5-8H,3-4,9-10H2,1-2H3. The summed E-state index contributed by atoms with van der Waals surface area (Å²) >= 11 is 4.54. The fourth-order valence-corrected chi connectivity index (χ4v) is 4.87. The van der Waals surface area contributed by atoms with Crippen LogP contribution in [0.4, 0.5) is 11.4 Å². The highest BCUT2D eigenvalue weighted by atomic mass is 32.2. The van der Waals surface area contributed by atoms with Crippen LogP contribution in [0.2, 0.25) is 0 Å². The first-order valence-corrected chi connectivity index (χ1v) is 10.4. The molecule has 7 nitrogen and oxygen atoms in total. The van der Waals surface area contributed by atoms with E-state index in [1.165, 1.54) is 40.1 Å². The second-order valence-corrected chi connectivity index (χ2v) is 8.59. The molecule has 2 aromatic rings. The summed E-state index contributed by atoms with van der Waals surface area (Å²) < 4.78 is 1.69. The van der Waals surface area contributed by atoms with Gasteiger partial charge < -0.3 is 4.90 Å². The summed E-state index contributed by atoms with van der Waals surface area (Å²) in [5.41, 5.74) is 0.616. The van der Waals surface area contributed by atoms with Gasteiger partial charge in [-0.05, 0) is 18.6 Å². The molecule has 0 aliphatic carbocycles. The molecule has 25 heavy (non-hydrogen) atoms. The SMILES string of the molecule is CCCCSc1nnc(SCC(=O)N(C)c2ccc([N+](=O)[O-])cc2)s1. The smallest absolute Gasteiger partial charge is 0.269 e. The van der Waals surface area contributed by atoms with Gasteiger partial charge in [0.1, 0.15) is 0 Å². The van der Waals surface area contributed by atoms with Gasteiger partial charge in [0.05, 0.1) is 10.7 Å². The van der Waals surface area contributed by atoms with Crippen molar-refractivity contribution < 1.29 is 9.72 Å². The number of hydrogen-bond acceptors (Lipinski definition) is 8. The summed E-state index contributed by atoms with van der Waals surface area (Å²) in [6, 6.07) is 5.90. The molecule has 0 unspecified atom stereocenters. The predicted molar refractivity (Wildman–Crippen MR) is 103 cm³/mol. The largest absolute Gasteiger partial charge is 0.315 e. The minimum Gasteiger partial charge on any atom is -0.315 e. The van der Waals surface area contributed by atoms with Gasteiger partial charge in [-0.2, -0.15) is 0 Å². The van der Waals surface area contributed by atoms with E-state index in [-0.39, 0.29) is 17.3 Å². The Morgan fingerprint density at radius 3 is 2.48 bits per heavy atom. The molecular weight excluding hydrogens is 380 g/mol. The van der Waals surface area contributed by atoms with E-state index < -0.39 is 4.92 Å². The normalized spacial score (nSPS) is 10.6. The van der Waals surface area contributed by atoms with Crippen molar-refractivity contribution in [2.24, 2.45) is 0 Å². The molecule has 0 aliphatic heterocycles. The maximum absolute atomic E-state index is 12.3. The number of non-ortho nitro benzene ring substituents is 1. The summed E-state index contributed by atoms with van der Waals surface area (Å²) in [5, 5.41) is 18.9. The van der Waals surface area contributed by atoms with E-state index in [0.717, 1.165) is 27.3 Å². The molecule has 0 spiro atoms. The molecule has 1 heterocycles. The fraction of sp³-hybridized carbons (Fsp3) is 0.400. The number of nitro groups is 1. The van der Waals surface area contributed by atoms with E-state index in [1.54, 1.807) is 30.9 Å². The summed E-state index contributed by atoms with van der Waals surface area (Å²) in [5.74, 6) is 1.16. The van der Waals surface area contributed by atoms with Crippen molar-refractivity contribution >= 4 is 52.1 Å². The van der Waals surface area contributed by atoms with Crippen molar-refractivity contribution in [3.8, 4) is 0 Å². The number of carbonyl (C=O) groups excluding carboxylic acids is 1. The van der Waals surface area contributed by atoms with E-state index in [9.17, 15) is 14.9 Å². The van der Waals surface area contributed by atoms with Crippen molar-refractivity contribution in [1.29, 1.82) is 0 Å². The molecule has 0 saturated carbocycles. The molecule has 0 atom stereocenters. The number of hydrogen-bond donors (Lipinski definition) is 0. The van der Waals surface area contributed by atoms with Crippen molar-refractivity contribution in [2.75, 3.05) is 23.5 Å². The lowest BCUT2D eigenvalue weighted by molar-refractivity contribution is -0.384. The summed E-state index contributed by atoms with van der Waals surface area (Å²) in [4.78, 5) is 24.0. The Hall–Kier alpha value is -1.65. The zero-order valence-corrected chi connectivity index (χ0v) is 16.3. The number of unbranched alkanes of at least 4 members (excludes halogenated alkanes) is 1. The van der Waals surface area contributed by atoms with Crippen LogP contribution in [0.1, 0.15) is 19.8 Å². The third kappa shape index (κ3) is 5.98. The van der Waals surface area contributed by atoms with Crippen LogP contribution in [-0.2, 0) is 4.79 Å². The van der Waals surface area contributed by atoms with E-state index >= 15 is 0 Å². The number of amides is 1. The molecular formula is C15H18N4O3S3. The second kappa shape index (κ2) is 9.73. The van der Waals surface area contributed by atoms with Crippen molar-refractivity contribution in [3.05, 3.63) is 34.4 Å². The molecule has 2 rings (SSSR count). The Kier molecular flexibility index (Phi) is 7.66. The van der Waals surface area contributed by atoms with Crippen LogP contribution in [0.5, 0.6) is 0 Å². The number of nitrogens with zero attached hydrogens (tertiary/aromatic N) is 4. The van der Waals surface area contributed by atoms with Crippen molar-refractivity contribution in [2.45, 2.75) is 28.4 Å². The molecule has 1 aromatic carbocycles. The maximum Gasteiger partial charge on any atom is 0.269 e. The van der Waals surface area contributed by atoms with Gasteiger partial charge in [-0.15, -0.1) is 10.2 Å². The first kappa shape index (κ1) is 19.7. The van der Waals surface area contributed by atoms with E-state index in [0.29, 0.717) is 5.69 Å². The van der Waals surface area contributed by atoms with Gasteiger partial charge in [-0.3, -0.25) is 14.9 Å². The van der Waals surface area contributed by atoms with Gasteiger partial charge in [-0.1, -0.05) is 48.2 Å². The van der Waals surface area contributed by atoms with Gasteiger partial charge in [0.2, 0.25) is 5.91 Å². The molecule has 10 heteroatoms. The molecule has 0 fully saturated rings. The van der Waals surface area contributed by atoms with E-state index in [1.807, 2.05) is 0 Å². The van der Waals surface area contributed by atoms with Crippen LogP contribution in [0.25, 0.3) is 0 Å². The Balaban J connectivity index is 1.85. The lowest BCUT2D eigenvalue weighted by Gasteiger charge is -2.16. The first-order chi connectivity index (χ1) is 12.0. The van der Waals surface area contributed by atoms with Crippen molar-refractivity contribution in [3.63, 3.8) is 0 Å². The Labute approximate surface area is 158 Å². The number of rotatable bonds is 9. The van der Waals surface area contributed by atoms with Crippen molar-refractivity contribution in [1.82, 2.24) is 10.2 Å². The molecule has 134 valence electrons. The quantitative estimate of drug-likeness (QED) is 0.272. The van der Waals surface area contributed by atoms with Crippen LogP contribution < -0.4 is 4.90 Å². The molecule has 0 bridgehead atoms. The van der Waals surface area contributed by atoms with Crippen LogP contribution in [0.3, 0.4) is 0 Å². The second-order valence-electron chi connectivity index (χ2n) is 5.05. The number of nitro benzene ring substituents is 1. The highest BCUT2D eigenvalue weighted by molar-refractivity contribution is 8.03. The van der Waals surface area contributed by atoms with Gasteiger partial charge in [-0.25, -0.2) is 0 Å². The molecule has 0 saturated heterocycles. The van der Waals surface area contributed by atoms with Crippen LogP contribution in [0, 0.1) is 10.1 Å². The minimum atomic E-state index is -0.465. The highest BCUT2D eigenvalue weighted by Crippen LogP contribution is 2.29. The molecule has 1 aromatic heterocycles. The topological polar surface area (TPSA) is 89.2 Å². The minimum absolute atomic E-state index is 0.000867. The lowest BCUT2D eigenvalue weighted by Crippen LogP contribution is -2.27. The number of benzene rings is 1. The Morgan fingerprint density at radius 1 is 1.24 bits per heavy atom. The molecule has 0 N–H and O–H groups in total. The Bertz CT molecular complexity index is 721. The van der Waals surface area contributed by atoms with Crippen LogP contribution in [0.15, 0.2) is 32.9 Å². The summed E-state index contributed by atoms with van der Waals surface area (Å²) in [6.45, 7) is 2.15. The van der Waals surface area contributed by atoms with Gasteiger partial charge in [0.25, 0.3) is 5.69 Å². The average molecular weight is 399 g/mol. The number of anilines is 1. The summed E-state index contributed by atoms with van der Waals surface area (Å²) in [6.07, 6.45) is 2.29. The van der Waals surface area contributed by atoms with Gasteiger partial charge in [0.15, 0.2) is 8.68 Å². The monoisotopic (exact) mass is 398 g/mol.